The Balaban J connectivity index is 0.000000591. The zero-order valence-electron chi connectivity index (χ0n) is 23.8. The van der Waals surface area contributed by atoms with Gasteiger partial charge < -0.3 is 24.7 Å². The first-order chi connectivity index (χ1) is 21.2. The van der Waals surface area contributed by atoms with E-state index in [1.807, 2.05) is 6.07 Å². The third kappa shape index (κ3) is 8.61. The molecule has 0 aliphatic carbocycles. The van der Waals surface area contributed by atoms with Crippen LogP contribution in [0.3, 0.4) is 0 Å². The molecule has 244 valence electrons. The fraction of sp³-hybridized carbons (Fsp3) is 0.407. The van der Waals surface area contributed by atoms with Gasteiger partial charge in [0.1, 0.15) is 6.04 Å². The molecule has 0 bridgehead atoms. The smallest absolute Gasteiger partial charge is 0.475 e. The van der Waals surface area contributed by atoms with E-state index in [4.69, 9.17) is 26.0 Å². The van der Waals surface area contributed by atoms with Crippen molar-refractivity contribution in [1.82, 2.24) is 20.1 Å². The largest absolute Gasteiger partial charge is 0.490 e. The summed E-state index contributed by atoms with van der Waals surface area (Å²) in [5.41, 5.74) is 1.46. The highest BCUT2D eigenvalue weighted by Crippen LogP contribution is 2.32. The molecule has 0 spiro atoms. The molecule has 0 unspecified atom stereocenters. The summed E-state index contributed by atoms with van der Waals surface area (Å²) in [6.45, 7) is 4.43. The Hall–Kier alpha value is -3.51. The lowest BCUT2D eigenvalue weighted by atomic mass is 10.1. The van der Waals surface area contributed by atoms with Gasteiger partial charge >= 0.3 is 12.1 Å². The minimum atomic E-state index is -5.08. The lowest BCUT2D eigenvalue weighted by Gasteiger charge is -2.31. The van der Waals surface area contributed by atoms with Gasteiger partial charge in [-0.1, -0.05) is 22.8 Å². The van der Waals surface area contributed by atoms with Gasteiger partial charge in [0.2, 0.25) is 21.8 Å². The molecule has 0 saturated carbocycles. The maximum atomic E-state index is 13.7. The summed E-state index contributed by atoms with van der Waals surface area (Å²) in [5, 5.41) is 14.4. The lowest BCUT2D eigenvalue weighted by molar-refractivity contribution is -0.192. The molecule has 18 heteroatoms. The van der Waals surface area contributed by atoms with Crippen LogP contribution in [0.2, 0.25) is 4.34 Å². The molecule has 5 rings (SSSR count). The summed E-state index contributed by atoms with van der Waals surface area (Å²) in [7, 11) is -4.13. The van der Waals surface area contributed by atoms with Gasteiger partial charge in [-0.05, 0) is 43.2 Å². The van der Waals surface area contributed by atoms with Crippen molar-refractivity contribution >= 4 is 56.4 Å². The second-order valence-electron chi connectivity index (χ2n) is 10.1. The van der Waals surface area contributed by atoms with Crippen LogP contribution >= 0.6 is 22.9 Å². The average molecular weight is 692 g/mol. The Morgan fingerprint density at radius 1 is 1.20 bits per heavy atom. The highest BCUT2D eigenvalue weighted by atomic mass is 35.5. The number of amides is 2. The highest BCUT2D eigenvalue weighted by Gasteiger charge is 2.38. The van der Waals surface area contributed by atoms with E-state index in [-0.39, 0.29) is 23.1 Å². The number of nitrogens with zero attached hydrogens (tertiary/aromatic N) is 3. The van der Waals surface area contributed by atoms with Crippen molar-refractivity contribution in [2.75, 3.05) is 37.6 Å². The van der Waals surface area contributed by atoms with Crippen LogP contribution in [0.15, 0.2) is 45.8 Å². The topological polar surface area (TPSA) is 162 Å². The molecule has 3 N–H and O–H groups in total. The summed E-state index contributed by atoms with van der Waals surface area (Å²) in [6.07, 6.45) is -3.91. The molecule has 0 radical (unpaired) electrons. The highest BCUT2D eigenvalue weighted by molar-refractivity contribution is 7.89. The Morgan fingerprint density at radius 2 is 1.89 bits per heavy atom. The number of aliphatic carboxylic acids is 1. The Morgan fingerprint density at radius 3 is 2.47 bits per heavy atom. The first-order valence-corrected chi connectivity index (χ1v) is 16.3. The van der Waals surface area contributed by atoms with Gasteiger partial charge in [0.05, 0.1) is 19.8 Å². The van der Waals surface area contributed by atoms with E-state index in [1.54, 1.807) is 41.0 Å². The number of benzene rings is 1. The molecule has 4 heterocycles. The van der Waals surface area contributed by atoms with E-state index in [0.29, 0.717) is 66.2 Å². The number of hydrogen-bond donors (Lipinski definition) is 3. The van der Waals surface area contributed by atoms with Crippen molar-refractivity contribution in [1.29, 1.82) is 0 Å². The van der Waals surface area contributed by atoms with Gasteiger partial charge in [-0.15, -0.1) is 11.3 Å². The molecule has 2 aromatic heterocycles. The van der Waals surface area contributed by atoms with Crippen molar-refractivity contribution < 1.29 is 45.6 Å². The van der Waals surface area contributed by atoms with Crippen molar-refractivity contribution in [2.24, 2.45) is 0 Å². The number of nitrogens with one attached hydrogen (secondary N) is 2. The number of rotatable bonds is 8. The molecule has 3 aromatic rings. The number of alkyl halides is 3. The second-order valence-corrected chi connectivity index (χ2v) is 13.5. The number of thiophene rings is 1. The van der Waals surface area contributed by atoms with Crippen LogP contribution in [-0.2, 0) is 30.8 Å². The molecular formula is C27H29ClF3N5O7S2. The van der Waals surface area contributed by atoms with Crippen molar-refractivity contribution in [3.05, 3.63) is 52.0 Å². The fourth-order valence-corrected chi connectivity index (χ4v) is 7.25. The number of hydrogen-bond acceptors (Lipinski definition) is 9. The second kappa shape index (κ2) is 14.3. The minimum Gasteiger partial charge on any atom is -0.475 e. The molecule has 2 aliphatic heterocycles. The van der Waals surface area contributed by atoms with E-state index in [1.165, 1.54) is 17.4 Å². The zero-order valence-corrected chi connectivity index (χ0v) is 26.2. The summed E-state index contributed by atoms with van der Waals surface area (Å²) in [4.78, 5) is 38.8. The molecule has 1 atom stereocenters. The molecular weight excluding hydrogens is 663 g/mol. The van der Waals surface area contributed by atoms with Crippen molar-refractivity contribution in [3.8, 4) is 10.6 Å². The first-order valence-electron chi connectivity index (χ1n) is 13.6. The number of sulfonamides is 1. The number of halogens is 4. The van der Waals surface area contributed by atoms with E-state index < -0.39 is 28.2 Å². The van der Waals surface area contributed by atoms with E-state index in [0.717, 1.165) is 11.3 Å². The van der Waals surface area contributed by atoms with Crippen molar-refractivity contribution in [3.63, 3.8) is 0 Å². The number of carbonyl (C=O) groups excluding carboxylic acids is 2. The van der Waals surface area contributed by atoms with Crippen LogP contribution in [-0.4, -0.2) is 86.3 Å². The Bertz CT molecular complexity index is 1660. The Kier molecular flexibility index (Phi) is 10.9. The molecule has 12 nitrogen and oxygen atoms in total. The summed E-state index contributed by atoms with van der Waals surface area (Å²) < 4.78 is 67.8. The maximum Gasteiger partial charge on any atom is 0.490 e. The third-order valence-corrected chi connectivity index (χ3v) is 9.83. The van der Waals surface area contributed by atoms with Crippen LogP contribution in [0, 0.1) is 6.92 Å². The number of carbonyl (C=O) groups is 3. The molecule has 1 aromatic carbocycles. The molecule has 2 amide bonds. The van der Waals surface area contributed by atoms with Gasteiger partial charge in [0.25, 0.3) is 0 Å². The quantitative estimate of drug-likeness (QED) is 0.321. The van der Waals surface area contributed by atoms with Gasteiger partial charge in [-0.25, -0.2) is 13.2 Å². The molecule has 2 saturated heterocycles. The lowest BCUT2D eigenvalue weighted by Crippen LogP contribution is -2.54. The van der Waals surface area contributed by atoms with Gasteiger partial charge in [0.15, 0.2) is 5.76 Å². The van der Waals surface area contributed by atoms with Crippen LogP contribution in [0.1, 0.15) is 24.1 Å². The standard InChI is InChI=1S/C25H28ClN5O5S2.C2HF3O2/c1-16-19(31-11-3-6-24(31)32)4-2-5-22(16)38(34,35)29-18(25(33)30-12-9-27-10-13-30)14-17-15-20(36-28-17)21-7-8-23(26)37-21;3-2(4,5)1(6)7/h2,4-5,7-8,15,18,27,29H,3,6,9-14H2,1H3;(H,6,7)/t18-;/m0./s1. The van der Waals surface area contributed by atoms with Crippen molar-refractivity contribution in [2.45, 2.75) is 43.3 Å². The molecule has 45 heavy (non-hydrogen) atoms. The molecule has 2 fully saturated rings. The maximum absolute atomic E-state index is 13.7. The van der Waals surface area contributed by atoms with Gasteiger partial charge in [0, 0.05) is 57.3 Å². The van der Waals surface area contributed by atoms with Crippen LogP contribution in [0.4, 0.5) is 18.9 Å². The molecule has 2 aliphatic rings. The normalized spacial score (nSPS) is 16.3. The zero-order chi connectivity index (χ0) is 32.9. The number of aromatic nitrogens is 1. The van der Waals surface area contributed by atoms with E-state index >= 15 is 0 Å². The number of carboxylic acids is 1. The van der Waals surface area contributed by atoms with E-state index in [2.05, 4.69) is 15.2 Å². The number of carboxylic acid groups (broad SMARTS) is 1. The summed E-state index contributed by atoms with van der Waals surface area (Å²) in [5.74, 6) is -2.63. The predicted molar refractivity (Wildman–Crippen MR) is 159 cm³/mol. The number of piperazine rings is 1. The average Bonchev–Trinajstić information content (AvgIpc) is 3.74. The van der Waals surface area contributed by atoms with Gasteiger partial charge in [-0.3, -0.25) is 9.59 Å². The summed E-state index contributed by atoms with van der Waals surface area (Å²) >= 11 is 7.37. The monoisotopic (exact) mass is 691 g/mol. The SMILES string of the molecule is Cc1c(N2CCCC2=O)cccc1S(=O)(=O)N[C@@H](Cc1cc(-c2ccc(Cl)s2)on1)C(=O)N1CCNCC1.O=C(O)C(F)(F)F. The predicted octanol–water partition coefficient (Wildman–Crippen LogP) is 3.45. The minimum absolute atomic E-state index is 0.00789. The Labute approximate surface area is 265 Å². The van der Waals surface area contributed by atoms with Crippen LogP contribution in [0.5, 0.6) is 0 Å². The van der Waals surface area contributed by atoms with Gasteiger partial charge in [-0.2, -0.15) is 17.9 Å². The fourth-order valence-electron chi connectivity index (χ4n) is 4.81. The van der Waals surface area contributed by atoms with Crippen LogP contribution in [0.25, 0.3) is 10.6 Å². The number of anilines is 1. The van der Waals surface area contributed by atoms with E-state index in [9.17, 15) is 31.2 Å². The van der Waals surface area contributed by atoms with Crippen LogP contribution < -0.4 is 14.9 Å². The first kappa shape index (κ1) is 34.4. The summed E-state index contributed by atoms with van der Waals surface area (Å²) in [6, 6.07) is 9.01. The third-order valence-electron chi connectivity index (χ3n) is 6.96.